The molecule has 10 heteroatoms. The van der Waals surface area contributed by atoms with Gasteiger partial charge in [-0.25, -0.2) is 13.1 Å². The van der Waals surface area contributed by atoms with Gasteiger partial charge in [0, 0.05) is 17.5 Å². The van der Waals surface area contributed by atoms with Crippen molar-refractivity contribution in [1.82, 2.24) is 9.29 Å². The van der Waals surface area contributed by atoms with Crippen molar-refractivity contribution in [2.24, 2.45) is 0 Å². The first-order valence-electron chi connectivity index (χ1n) is 9.93. The van der Waals surface area contributed by atoms with Crippen molar-refractivity contribution in [3.8, 4) is 22.7 Å². The van der Waals surface area contributed by atoms with E-state index in [4.69, 9.17) is 11.6 Å². The third kappa shape index (κ3) is 4.07. The molecule has 0 aromatic heterocycles. The highest BCUT2D eigenvalue weighted by Gasteiger charge is 2.34. The largest absolute Gasteiger partial charge is 0.573 e. The van der Waals surface area contributed by atoms with Crippen LogP contribution in [0.15, 0.2) is 71.6 Å². The predicted octanol–water partition coefficient (Wildman–Crippen LogP) is 5.68. The van der Waals surface area contributed by atoms with E-state index in [2.05, 4.69) is 9.46 Å². The van der Waals surface area contributed by atoms with Gasteiger partial charge < -0.3 is 9.30 Å². The number of nitrogens with one attached hydrogen (secondary N) is 1. The molecule has 33 heavy (non-hydrogen) atoms. The van der Waals surface area contributed by atoms with Gasteiger partial charge in [-0.3, -0.25) is 0 Å². The van der Waals surface area contributed by atoms with Crippen LogP contribution in [0.2, 0.25) is 5.02 Å². The molecule has 0 atom stereocenters. The van der Waals surface area contributed by atoms with E-state index in [1.54, 1.807) is 12.1 Å². The average molecular weight is 493 g/mol. The Kier molecular flexibility index (Phi) is 5.15. The average Bonchev–Trinajstić information content (AvgIpc) is 3.41. The first-order valence-corrected chi connectivity index (χ1v) is 11.8. The zero-order chi connectivity index (χ0) is 23.4. The van der Waals surface area contributed by atoms with Crippen LogP contribution in [0.25, 0.3) is 27.8 Å². The van der Waals surface area contributed by atoms with E-state index in [-0.39, 0.29) is 34.2 Å². The maximum absolute atomic E-state index is 12.9. The zero-order valence-corrected chi connectivity index (χ0v) is 18.4. The minimum absolute atomic E-state index is 0.00117. The van der Waals surface area contributed by atoms with E-state index in [1.165, 1.54) is 30.3 Å². The summed E-state index contributed by atoms with van der Waals surface area (Å²) in [6.07, 6.45) is -4.83. The molecule has 5 rings (SSSR count). The van der Waals surface area contributed by atoms with Crippen molar-refractivity contribution in [3.05, 3.63) is 77.3 Å². The second-order valence-electron chi connectivity index (χ2n) is 7.50. The lowest BCUT2D eigenvalue weighted by molar-refractivity contribution is -0.274. The van der Waals surface area contributed by atoms with Crippen molar-refractivity contribution in [2.45, 2.75) is 17.7 Å². The lowest BCUT2D eigenvalue weighted by atomic mass is 10.1. The van der Waals surface area contributed by atoms with Crippen LogP contribution >= 0.6 is 11.6 Å². The highest BCUT2D eigenvalue weighted by atomic mass is 35.5. The highest BCUT2D eigenvalue weighted by Crippen LogP contribution is 2.51. The summed E-state index contributed by atoms with van der Waals surface area (Å²) in [5, 5.41) is 1.17. The van der Waals surface area contributed by atoms with Crippen LogP contribution < -0.4 is 9.46 Å². The minimum Gasteiger partial charge on any atom is -0.406 e. The van der Waals surface area contributed by atoms with Crippen molar-refractivity contribution in [1.29, 1.82) is 0 Å². The lowest BCUT2D eigenvalue weighted by Gasteiger charge is -2.14. The normalized spacial score (nSPS) is 12.8. The molecule has 2 heterocycles. The number of rotatable bonds is 7. The summed E-state index contributed by atoms with van der Waals surface area (Å²) in [5.41, 5.74) is 4.01. The monoisotopic (exact) mass is 492 g/mol. The number of benzene rings is 3. The molecule has 0 radical (unpaired) electrons. The molecule has 0 amide bonds. The molecule has 0 saturated heterocycles. The van der Waals surface area contributed by atoms with Gasteiger partial charge in [0.15, 0.2) is 0 Å². The molecule has 5 nitrogen and oxygen atoms in total. The summed E-state index contributed by atoms with van der Waals surface area (Å²) in [4.78, 5) is -0.0915. The van der Waals surface area contributed by atoms with E-state index in [0.717, 1.165) is 27.8 Å². The number of hydrogen-bond acceptors (Lipinski definition) is 3. The summed E-state index contributed by atoms with van der Waals surface area (Å²) < 4.78 is 72.1. The molecular formula is C23H16ClF3N2O3S. The minimum atomic E-state index is -4.84. The molecule has 0 saturated carbocycles. The molecule has 170 valence electrons. The molecule has 3 aromatic rings. The fraction of sp³-hybridized carbons (Fsp3) is 0.130. The van der Waals surface area contributed by atoms with Gasteiger partial charge in [0.2, 0.25) is 10.0 Å². The van der Waals surface area contributed by atoms with Crippen molar-refractivity contribution in [3.63, 3.8) is 0 Å². The summed E-state index contributed by atoms with van der Waals surface area (Å²) in [6.45, 7) is -0.132. The molecule has 3 aromatic carbocycles. The van der Waals surface area contributed by atoms with Gasteiger partial charge in [0.05, 0.1) is 21.9 Å². The van der Waals surface area contributed by atoms with Gasteiger partial charge in [-0.05, 0) is 36.2 Å². The van der Waals surface area contributed by atoms with E-state index >= 15 is 0 Å². The fourth-order valence-electron chi connectivity index (χ4n) is 3.92. The number of hydrogen-bond donors (Lipinski definition) is 1. The van der Waals surface area contributed by atoms with Crippen LogP contribution in [0.4, 0.5) is 13.2 Å². The van der Waals surface area contributed by atoms with Crippen molar-refractivity contribution in [2.75, 3.05) is 6.54 Å². The summed E-state index contributed by atoms with van der Waals surface area (Å²) in [7, 11) is -4.01. The van der Waals surface area contributed by atoms with Gasteiger partial charge in [0.1, 0.15) is 10.6 Å². The van der Waals surface area contributed by atoms with Gasteiger partial charge >= 0.3 is 6.36 Å². The third-order valence-corrected chi connectivity index (χ3v) is 7.34. The Morgan fingerprint density at radius 3 is 2.48 bits per heavy atom. The van der Waals surface area contributed by atoms with Gasteiger partial charge in [-0.1, -0.05) is 54.1 Å². The highest BCUT2D eigenvalue weighted by molar-refractivity contribution is 7.89. The van der Waals surface area contributed by atoms with E-state index in [9.17, 15) is 21.6 Å². The van der Waals surface area contributed by atoms with Crippen LogP contribution in [0.3, 0.4) is 0 Å². The van der Waals surface area contributed by atoms with Crippen LogP contribution in [0, 0.1) is 0 Å². The molecule has 0 fully saturated rings. The topological polar surface area (TPSA) is 60.3 Å². The number of ether oxygens (including phenoxy) is 1. The Bertz CT molecular complexity index is 1460. The fourth-order valence-corrected chi connectivity index (χ4v) is 5.48. The molecule has 0 aliphatic carbocycles. The Hall–Kier alpha value is -3.01. The van der Waals surface area contributed by atoms with E-state index < -0.39 is 16.4 Å². The van der Waals surface area contributed by atoms with Crippen molar-refractivity contribution >= 4 is 32.5 Å². The standard InChI is InChI=1S/C23H16ClF3N2O3S/c24-17-10-9-15(21-22-16-6-2-3-7-18(16)29(21)22)13-20(17)33(30,31)28-12-11-14-5-1-4-8-19(14)32-23(25,26)27/h1-10,13,28H,11-12H2. The molecule has 2 aliphatic heterocycles. The van der Waals surface area contributed by atoms with E-state index in [0.29, 0.717) is 0 Å². The molecule has 0 unspecified atom stereocenters. The van der Waals surface area contributed by atoms with Gasteiger partial charge in [0.25, 0.3) is 0 Å². The van der Waals surface area contributed by atoms with Crippen LogP contribution in [0.5, 0.6) is 5.75 Å². The van der Waals surface area contributed by atoms with Crippen LogP contribution in [0.1, 0.15) is 5.56 Å². The number of para-hydroxylation sites is 2. The van der Waals surface area contributed by atoms with Crippen LogP contribution in [-0.4, -0.2) is 25.9 Å². The summed E-state index contributed by atoms with van der Waals surface area (Å²) >= 11 is 6.18. The number of aromatic nitrogens is 1. The number of alkyl halides is 3. The molecule has 0 spiro atoms. The molecule has 1 N–H and O–H groups in total. The quantitative estimate of drug-likeness (QED) is 0.318. The zero-order valence-electron chi connectivity index (χ0n) is 16.9. The Balaban J connectivity index is 1.34. The number of nitrogens with zero attached hydrogens (tertiary/aromatic N) is 1. The molecular weight excluding hydrogens is 477 g/mol. The SMILES string of the molecule is O=S(=O)(NCCc1ccccc1OC(F)(F)F)c1cc(-c2c3c4ccccc4n2-3)ccc1Cl. The summed E-state index contributed by atoms with van der Waals surface area (Å²) in [6, 6.07) is 18.3. The Labute approximate surface area is 192 Å². The number of halogens is 4. The van der Waals surface area contributed by atoms with Gasteiger partial charge in [-0.15, -0.1) is 13.2 Å². The smallest absolute Gasteiger partial charge is 0.406 e. The van der Waals surface area contributed by atoms with E-state index in [1.807, 2.05) is 28.8 Å². The van der Waals surface area contributed by atoms with Crippen LogP contribution in [-0.2, 0) is 16.4 Å². The number of fused-ring (bicyclic) bond motifs is 4. The first-order chi connectivity index (χ1) is 15.7. The summed E-state index contributed by atoms with van der Waals surface area (Å²) in [5.74, 6) is -0.365. The third-order valence-electron chi connectivity index (χ3n) is 5.40. The first kappa shape index (κ1) is 21.8. The Morgan fingerprint density at radius 1 is 1.00 bits per heavy atom. The Morgan fingerprint density at radius 2 is 1.73 bits per heavy atom. The predicted molar refractivity (Wildman–Crippen MR) is 119 cm³/mol. The van der Waals surface area contributed by atoms with Gasteiger partial charge in [-0.2, -0.15) is 0 Å². The molecule has 2 aliphatic rings. The van der Waals surface area contributed by atoms with Crippen molar-refractivity contribution < 1.29 is 26.3 Å². The lowest BCUT2D eigenvalue weighted by Crippen LogP contribution is -2.26. The maximum atomic E-state index is 12.9. The second-order valence-corrected chi connectivity index (χ2v) is 9.64. The maximum Gasteiger partial charge on any atom is 0.573 e. The second kappa shape index (κ2) is 7.79. The molecule has 0 bridgehead atoms. The number of sulfonamides is 1.